The lowest BCUT2D eigenvalue weighted by Crippen LogP contribution is -2.11. The van der Waals surface area contributed by atoms with Crippen LogP contribution < -0.4 is 0 Å². The molecule has 0 fully saturated rings. The Morgan fingerprint density at radius 3 is 2.48 bits per heavy atom. The molecule has 4 heteroatoms. The second kappa shape index (κ2) is 6.36. The Morgan fingerprint density at radius 1 is 0.852 bits per heavy atom. The third-order valence-corrected chi connectivity index (χ3v) is 5.46. The van der Waals surface area contributed by atoms with Crippen molar-refractivity contribution in [3.63, 3.8) is 0 Å². The van der Waals surface area contributed by atoms with Crippen LogP contribution in [0.3, 0.4) is 0 Å². The molecule has 0 spiro atoms. The van der Waals surface area contributed by atoms with Crippen LogP contribution in [0.25, 0.3) is 28.0 Å². The Kier molecular flexibility index (Phi) is 3.83. The number of ketones is 1. The van der Waals surface area contributed by atoms with Crippen LogP contribution in [0.2, 0.25) is 5.02 Å². The number of benzene rings is 2. The van der Waals surface area contributed by atoms with Crippen molar-refractivity contribution in [2.75, 3.05) is 0 Å². The van der Waals surface area contributed by atoms with Crippen LogP contribution >= 0.6 is 11.6 Å². The van der Waals surface area contributed by atoms with Crippen molar-refractivity contribution in [2.45, 2.75) is 19.3 Å². The van der Waals surface area contributed by atoms with Crippen molar-refractivity contribution in [3.8, 4) is 22.4 Å². The van der Waals surface area contributed by atoms with E-state index in [-0.39, 0.29) is 5.78 Å². The van der Waals surface area contributed by atoms with Gasteiger partial charge in [0.2, 0.25) is 0 Å². The maximum absolute atomic E-state index is 12.2. The van der Waals surface area contributed by atoms with E-state index in [4.69, 9.17) is 16.6 Å². The first-order valence-electron chi connectivity index (χ1n) is 9.09. The zero-order valence-electron chi connectivity index (χ0n) is 14.7. The highest BCUT2D eigenvalue weighted by molar-refractivity contribution is 6.30. The maximum atomic E-state index is 12.2. The highest BCUT2D eigenvalue weighted by Gasteiger charge is 2.20. The lowest BCUT2D eigenvalue weighted by atomic mass is 9.85. The lowest BCUT2D eigenvalue weighted by molar-refractivity contribution is 0.0972. The lowest BCUT2D eigenvalue weighted by Gasteiger charge is -2.18. The summed E-state index contributed by atoms with van der Waals surface area (Å²) in [6, 6.07) is 17.9. The number of hydrogen-bond acceptors (Lipinski definition) is 2. The minimum atomic E-state index is 0.256. The molecule has 0 bridgehead atoms. The summed E-state index contributed by atoms with van der Waals surface area (Å²) < 4.78 is 2.04. The number of nitrogens with zero attached hydrogens (tertiary/aromatic N) is 2. The molecular formula is C23H17ClN2O. The molecule has 27 heavy (non-hydrogen) atoms. The van der Waals surface area contributed by atoms with Crippen molar-refractivity contribution in [1.82, 2.24) is 9.38 Å². The van der Waals surface area contributed by atoms with Crippen LogP contribution in [-0.4, -0.2) is 15.2 Å². The molecule has 0 atom stereocenters. The molecule has 1 aliphatic rings. The Morgan fingerprint density at radius 2 is 1.63 bits per heavy atom. The highest BCUT2D eigenvalue weighted by Crippen LogP contribution is 2.32. The molecule has 0 radical (unpaired) electrons. The Balaban J connectivity index is 1.61. The molecule has 2 aromatic heterocycles. The molecule has 0 saturated carbocycles. The van der Waals surface area contributed by atoms with Crippen LogP contribution in [0.15, 0.2) is 67.0 Å². The van der Waals surface area contributed by atoms with Gasteiger partial charge < -0.3 is 4.40 Å². The summed E-state index contributed by atoms with van der Waals surface area (Å²) in [7, 11) is 0. The number of halogens is 1. The van der Waals surface area contributed by atoms with Crippen molar-refractivity contribution in [3.05, 3.63) is 83.1 Å². The Labute approximate surface area is 162 Å². The molecule has 1 aliphatic carbocycles. The SMILES string of the molecule is O=C1CCCc2c1cccc2-c1ccc2nc(-c3ccc(Cl)cc3)cn2c1. The van der Waals surface area contributed by atoms with E-state index >= 15 is 0 Å². The van der Waals surface area contributed by atoms with Gasteiger partial charge in [0.1, 0.15) is 5.65 Å². The zero-order chi connectivity index (χ0) is 18.4. The standard InChI is InChI=1S/C23H17ClN2O/c24-17-10-7-15(8-11-17)21-14-26-13-16(9-12-23(26)25-21)18-3-1-5-20-19(18)4-2-6-22(20)27/h1,3,5,7-14H,2,4,6H2. The monoisotopic (exact) mass is 372 g/mol. The van der Waals surface area contributed by atoms with Crippen LogP contribution in [-0.2, 0) is 6.42 Å². The summed E-state index contributed by atoms with van der Waals surface area (Å²) in [5.74, 6) is 0.256. The van der Waals surface area contributed by atoms with E-state index in [0.717, 1.165) is 46.4 Å². The van der Waals surface area contributed by atoms with Crippen molar-refractivity contribution in [2.24, 2.45) is 0 Å². The Hall–Kier alpha value is -2.91. The number of hydrogen-bond donors (Lipinski definition) is 0. The smallest absolute Gasteiger partial charge is 0.163 e. The maximum Gasteiger partial charge on any atom is 0.163 e. The van der Waals surface area contributed by atoms with Gasteiger partial charge in [0.25, 0.3) is 0 Å². The van der Waals surface area contributed by atoms with Gasteiger partial charge >= 0.3 is 0 Å². The normalized spacial score (nSPS) is 13.7. The molecule has 2 heterocycles. The fourth-order valence-corrected chi connectivity index (χ4v) is 3.99. The second-order valence-electron chi connectivity index (χ2n) is 6.92. The van der Waals surface area contributed by atoms with E-state index in [1.54, 1.807) is 0 Å². The minimum absolute atomic E-state index is 0.256. The van der Waals surface area contributed by atoms with Crippen molar-refractivity contribution in [1.29, 1.82) is 0 Å². The first kappa shape index (κ1) is 16.3. The number of Topliss-reactive ketones (excluding diaryl/α,β-unsaturated/α-hetero) is 1. The van der Waals surface area contributed by atoms with Gasteiger partial charge in [-0.2, -0.15) is 0 Å². The summed E-state index contributed by atoms with van der Waals surface area (Å²) in [5.41, 5.74) is 7.14. The van der Waals surface area contributed by atoms with E-state index in [9.17, 15) is 4.79 Å². The molecule has 0 unspecified atom stereocenters. The van der Waals surface area contributed by atoms with Gasteiger partial charge in [-0.05, 0) is 53.8 Å². The first-order chi connectivity index (χ1) is 13.2. The molecule has 0 amide bonds. The molecule has 2 aromatic carbocycles. The van der Waals surface area contributed by atoms with Gasteiger partial charge in [-0.1, -0.05) is 41.9 Å². The number of rotatable bonds is 2. The van der Waals surface area contributed by atoms with E-state index in [1.165, 1.54) is 5.56 Å². The van der Waals surface area contributed by atoms with Crippen molar-refractivity contribution < 1.29 is 4.79 Å². The molecule has 4 aromatic rings. The molecule has 0 N–H and O–H groups in total. The molecule has 0 aliphatic heterocycles. The van der Waals surface area contributed by atoms with Gasteiger partial charge in [0.05, 0.1) is 5.69 Å². The fraction of sp³-hybridized carbons (Fsp3) is 0.130. The average Bonchev–Trinajstić information content (AvgIpc) is 3.12. The number of imidazole rings is 1. The number of pyridine rings is 1. The fourth-order valence-electron chi connectivity index (χ4n) is 3.86. The zero-order valence-corrected chi connectivity index (χ0v) is 15.4. The number of fused-ring (bicyclic) bond motifs is 2. The van der Waals surface area contributed by atoms with Crippen LogP contribution in [0.4, 0.5) is 0 Å². The Bertz CT molecular complexity index is 1170. The van der Waals surface area contributed by atoms with Crippen LogP contribution in [0.5, 0.6) is 0 Å². The van der Waals surface area contributed by atoms with E-state index < -0.39 is 0 Å². The van der Waals surface area contributed by atoms with Gasteiger partial charge in [-0.15, -0.1) is 0 Å². The predicted octanol–water partition coefficient (Wildman–Crippen LogP) is 5.84. The molecule has 5 rings (SSSR count). The second-order valence-corrected chi connectivity index (χ2v) is 7.36. The van der Waals surface area contributed by atoms with Crippen LogP contribution in [0, 0.1) is 0 Å². The van der Waals surface area contributed by atoms with Gasteiger partial charge in [-0.25, -0.2) is 4.98 Å². The third kappa shape index (κ3) is 2.84. The van der Waals surface area contributed by atoms with E-state index in [0.29, 0.717) is 11.4 Å². The third-order valence-electron chi connectivity index (χ3n) is 5.21. The van der Waals surface area contributed by atoms with E-state index in [1.807, 2.05) is 53.1 Å². The summed E-state index contributed by atoms with van der Waals surface area (Å²) >= 11 is 5.99. The summed E-state index contributed by atoms with van der Waals surface area (Å²) in [5, 5.41) is 0.716. The number of aromatic nitrogens is 2. The molecule has 132 valence electrons. The topological polar surface area (TPSA) is 34.4 Å². The first-order valence-corrected chi connectivity index (χ1v) is 9.47. The number of carbonyl (C=O) groups excluding carboxylic acids is 1. The predicted molar refractivity (Wildman–Crippen MR) is 108 cm³/mol. The largest absolute Gasteiger partial charge is 0.306 e. The average molecular weight is 373 g/mol. The summed E-state index contributed by atoms with van der Waals surface area (Å²) in [4.78, 5) is 17.0. The van der Waals surface area contributed by atoms with Gasteiger partial charge in [-0.3, -0.25) is 4.79 Å². The van der Waals surface area contributed by atoms with E-state index in [2.05, 4.69) is 18.3 Å². The minimum Gasteiger partial charge on any atom is -0.306 e. The molecule has 0 saturated heterocycles. The van der Waals surface area contributed by atoms with Crippen molar-refractivity contribution >= 4 is 23.0 Å². The molecule has 3 nitrogen and oxygen atoms in total. The van der Waals surface area contributed by atoms with Crippen LogP contribution in [0.1, 0.15) is 28.8 Å². The van der Waals surface area contributed by atoms with Gasteiger partial charge in [0, 0.05) is 35.0 Å². The summed E-state index contributed by atoms with van der Waals surface area (Å²) in [6.45, 7) is 0. The highest BCUT2D eigenvalue weighted by atomic mass is 35.5. The molecular weight excluding hydrogens is 356 g/mol. The number of carbonyl (C=O) groups is 1. The summed E-state index contributed by atoms with van der Waals surface area (Å²) in [6.07, 6.45) is 6.66. The quantitative estimate of drug-likeness (QED) is 0.443. The van der Waals surface area contributed by atoms with Gasteiger partial charge in [0.15, 0.2) is 5.78 Å².